The van der Waals surface area contributed by atoms with Gasteiger partial charge in [-0.25, -0.2) is 14.8 Å². The summed E-state index contributed by atoms with van der Waals surface area (Å²) in [6.07, 6.45) is 1.44. The SMILES string of the molecule is CC1CN(C(=O)OC(C)(C)C)CC2Cc3ccc(C(O)c4nccs4)nc3N12. The molecule has 3 unspecified atom stereocenters. The number of thiazole rings is 1. The summed E-state index contributed by atoms with van der Waals surface area (Å²) in [5.74, 6) is 0.912. The number of nitrogens with zero attached hydrogens (tertiary/aromatic N) is 4. The fourth-order valence-electron chi connectivity index (χ4n) is 3.98. The molecule has 2 aromatic rings. The Labute approximate surface area is 169 Å². The molecule has 2 aliphatic rings. The highest BCUT2D eigenvalue weighted by Crippen LogP contribution is 2.37. The van der Waals surface area contributed by atoms with Gasteiger partial charge in [-0.2, -0.15) is 0 Å². The van der Waals surface area contributed by atoms with E-state index in [1.54, 1.807) is 11.1 Å². The molecule has 0 radical (unpaired) electrons. The van der Waals surface area contributed by atoms with Gasteiger partial charge in [-0.05, 0) is 45.7 Å². The van der Waals surface area contributed by atoms with Gasteiger partial charge in [-0.3, -0.25) is 0 Å². The summed E-state index contributed by atoms with van der Waals surface area (Å²) in [7, 11) is 0. The zero-order valence-corrected chi connectivity index (χ0v) is 17.4. The van der Waals surface area contributed by atoms with Crippen molar-refractivity contribution in [2.24, 2.45) is 0 Å². The lowest BCUT2D eigenvalue weighted by molar-refractivity contribution is 0.0191. The van der Waals surface area contributed by atoms with E-state index in [1.165, 1.54) is 11.3 Å². The Balaban J connectivity index is 1.54. The monoisotopic (exact) mass is 402 g/mol. The first kappa shape index (κ1) is 19.1. The van der Waals surface area contributed by atoms with E-state index < -0.39 is 11.7 Å². The molecule has 2 aliphatic heterocycles. The van der Waals surface area contributed by atoms with Crippen molar-refractivity contribution in [3.05, 3.63) is 40.0 Å². The molecule has 0 aliphatic carbocycles. The fourth-order valence-corrected chi connectivity index (χ4v) is 4.61. The van der Waals surface area contributed by atoms with Gasteiger partial charge in [0.15, 0.2) is 0 Å². The summed E-state index contributed by atoms with van der Waals surface area (Å²) in [6, 6.07) is 4.20. The minimum atomic E-state index is -0.817. The number of carbonyl (C=O) groups is 1. The molecule has 0 bridgehead atoms. The van der Waals surface area contributed by atoms with E-state index in [9.17, 15) is 9.90 Å². The average Bonchev–Trinajstić information content (AvgIpc) is 3.26. The third-order valence-electron chi connectivity index (χ3n) is 5.08. The van der Waals surface area contributed by atoms with Crippen molar-refractivity contribution in [1.29, 1.82) is 0 Å². The molecule has 0 spiro atoms. The zero-order chi connectivity index (χ0) is 20.1. The van der Waals surface area contributed by atoms with Crippen molar-refractivity contribution in [2.75, 3.05) is 18.0 Å². The molecule has 1 fully saturated rings. The van der Waals surface area contributed by atoms with Crippen LogP contribution in [0, 0.1) is 0 Å². The highest BCUT2D eigenvalue weighted by atomic mass is 32.1. The molecule has 4 rings (SSSR count). The van der Waals surface area contributed by atoms with Crippen LogP contribution >= 0.6 is 11.3 Å². The van der Waals surface area contributed by atoms with Gasteiger partial charge in [-0.1, -0.05) is 6.07 Å². The molecular weight excluding hydrogens is 376 g/mol. The molecule has 1 N–H and O–H groups in total. The van der Waals surface area contributed by atoms with Gasteiger partial charge in [0, 0.05) is 30.7 Å². The molecule has 3 atom stereocenters. The van der Waals surface area contributed by atoms with Crippen LogP contribution in [0.3, 0.4) is 0 Å². The number of aliphatic hydroxyl groups excluding tert-OH is 1. The first-order valence-electron chi connectivity index (χ1n) is 9.56. The van der Waals surface area contributed by atoms with Crippen LogP contribution in [-0.4, -0.2) is 56.8 Å². The minimum Gasteiger partial charge on any atom is -0.444 e. The Morgan fingerprint density at radius 2 is 2.14 bits per heavy atom. The maximum Gasteiger partial charge on any atom is 0.410 e. The Morgan fingerprint density at radius 1 is 1.36 bits per heavy atom. The van der Waals surface area contributed by atoms with Crippen LogP contribution in [0.2, 0.25) is 0 Å². The predicted molar refractivity (Wildman–Crippen MR) is 108 cm³/mol. The lowest BCUT2D eigenvalue weighted by atomic mass is 10.1. The van der Waals surface area contributed by atoms with Crippen molar-refractivity contribution < 1.29 is 14.6 Å². The minimum absolute atomic E-state index is 0.118. The molecule has 1 saturated heterocycles. The highest BCUT2D eigenvalue weighted by Gasteiger charge is 2.41. The highest BCUT2D eigenvalue weighted by molar-refractivity contribution is 7.09. The second-order valence-electron chi connectivity index (χ2n) is 8.49. The van der Waals surface area contributed by atoms with Gasteiger partial charge >= 0.3 is 6.09 Å². The first-order chi connectivity index (χ1) is 13.2. The van der Waals surface area contributed by atoms with E-state index in [0.29, 0.717) is 23.8 Å². The number of piperazine rings is 1. The second kappa shape index (κ2) is 7.00. The number of carbonyl (C=O) groups excluding carboxylic acids is 1. The lowest BCUT2D eigenvalue weighted by Crippen LogP contribution is -2.58. The summed E-state index contributed by atoms with van der Waals surface area (Å²) >= 11 is 1.42. The van der Waals surface area contributed by atoms with Crippen LogP contribution in [0.5, 0.6) is 0 Å². The molecule has 28 heavy (non-hydrogen) atoms. The summed E-state index contributed by atoms with van der Waals surface area (Å²) in [6.45, 7) is 8.95. The van der Waals surface area contributed by atoms with Crippen LogP contribution in [0.15, 0.2) is 23.7 Å². The van der Waals surface area contributed by atoms with E-state index in [2.05, 4.69) is 16.8 Å². The van der Waals surface area contributed by atoms with Gasteiger partial charge in [0.2, 0.25) is 0 Å². The molecule has 0 saturated carbocycles. The largest absolute Gasteiger partial charge is 0.444 e. The number of amides is 1. The van der Waals surface area contributed by atoms with E-state index in [4.69, 9.17) is 9.72 Å². The summed E-state index contributed by atoms with van der Waals surface area (Å²) in [4.78, 5) is 25.6. The van der Waals surface area contributed by atoms with Crippen molar-refractivity contribution in [1.82, 2.24) is 14.9 Å². The molecule has 0 aromatic carbocycles. The van der Waals surface area contributed by atoms with Crippen molar-refractivity contribution in [2.45, 2.75) is 57.9 Å². The van der Waals surface area contributed by atoms with Gasteiger partial charge < -0.3 is 19.6 Å². The standard InChI is InChI=1S/C20H26N4O3S/c1-12-10-23(19(26)27-20(2,3)4)11-14-9-13-5-6-15(22-17(13)24(12)14)16(25)18-21-7-8-28-18/h5-8,12,14,16,25H,9-11H2,1-4H3. The van der Waals surface area contributed by atoms with Gasteiger partial charge in [0.25, 0.3) is 0 Å². The number of hydrogen-bond donors (Lipinski definition) is 1. The average molecular weight is 403 g/mol. The van der Waals surface area contributed by atoms with Crippen LogP contribution in [0.4, 0.5) is 10.6 Å². The van der Waals surface area contributed by atoms with E-state index in [-0.39, 0.29) is 18.2 Å². The zero-order valence-electron chi connectivity index (χ0n) is 16.6. The Kier molecular flexibility index (Phi) is 4.79. The van der Waals surface area contributed by atoms with Gasteiger partial charge in [0.1, 0.15) is 22.5 Å². The Bertz CT molecular complexity index is 865. The van der Waals surface area contributed by atoms with E-state index >= 15 is 0 Å². The van der Waals surface area contributed by atoms with E-state index in [1.807, 2.05) is 38.3 Å². The maximum atomic E-state index is 12.5. The molecular formula is C20H26N4O3S. The molecule has 150 valence electrons. The number of hydrogen-bond acceptors (Lipinski definition) is 7. The maximum absolute atomic E-state index is 12.5. The number of fused-ring (bicyclic) bond motifs is 3. The van der Waals surface area contributed by atoms with Gasteiger partial charge in [0.05, 0.1) is 11.7 Å². The topological polar surface area (TPSA) is 78.8 Å². The first-order valence-corrected chi connectivity index (χ1v) is 10.4. The summed E-state index contributed by atoms with van der Waals surface area (Å²) < 4.78 is 5.56. The molecule has 4 heterocycles. The summed E-state index contributed by atoms with van der Waals surface area (Å²) in [5.41, 5.74) is 1.26. The summed E-state index contributed by atoms with van der Waals surface area (Å²) in [5, 5.41) is 13.1. The van der Waals surface area contributed by atoms with Crippen LogP contribution in [0.1, 0.15) is 50.1 Å². The van der Waals surface area contributed by atoms with Crippen LogP contribution < -0.4 is 4.90 Å². The van der Waals surface area contributed by atoms with Crippen LogP contribution in [-0.2, 0) is 11.2 Å². The molecule has 1 amide bonds. The smallest absolute Gasteiger partial charge is 0.410 e. The van der Waals surface area contributed by atoms with Crippen molar-refractivity contribution in [3.8, 4) is 0 Å². The quantitative estimate of drug-likeness (QED) is 0.832. The number of aromatic nitrogens is 2. The van der Waals surface area contributed by atoms with Gasteiger partial charge in [-0.15, -0.1) is 11.3 Å². The van der Waals surface area contributed by atoms with Crippen LogP contribution in [0.25, 0.3) is 0 Å². The normalized spacial score (nSPS) is 22.6. The molecule has 8 heteroatoms. The third-order valence-corrected chi connectivity index (χ3v) is 5.91. The Morgan fingerprint density at radius 3 is 2.82 bits per heavy atom. The van der Waals surface area contributed by atoms with Crippen molar-refractivity contribution >= 4 is 23.2 Å². The fraction of sp³-hybridized carbons (Fsp3) is 0.550. The molecule has 2 aromatic heterocycles. The Hall–Kier alpha value is -2.19. The third kappa shape index (κ3) is 3.58. The number of ether oxygens (including phenoxy) is 1. The second-order valence-corrected chi connectivity index (χ2v) is 9.42. The predicted octanol–water partition coefficient (Wildman–Crippen LogP) is 2.99. The number of aliphatic hydroxyl groups is 1. The number of anilines is 1. The number of pyridine rings is 1. The lowest BCUT2D eigenvalue weighted by Gasteiger charge is -2.43. The van der Waals surface area contributed by atoms with Crippen molar-refractivity contribution in [3.63, 3.8) is 0 Å². The van der Waals surface area contributed by atoms with E-state index in [0.717, 1.165) is 17.8 Å². The number of rotatable bonds is 2. The molecule has 7 nitrogen and oxygen atoms in total.